The van der Waals surface area contributed by atoms with E-state index in [1.807, 2.05) is 54.3 Å². The van der Waals surface area contributed by atoms with Gasteiger partial charge in [0.05, 0.1) is 4.91 Å². The van der Waals surface area contributed by atoms with E-state index in [0.29, 0.717) is 34.7 Å². The number of carbonyl (C=O) groups is 2. The first-order valence-corrected chi connectivity index (χ1v) is 12.0. The summed E-state index contributed by atoms with van der Waals surface area (Å²) in [7, 11) is 0. The quantitative estimate of drug-likeness (QED) is 0.418. The third kappa shape index (κ3) is 5.82. The van der Waals surface area contributed by atoms with Gasteiger partial charge in [-0.3, -0.25) is 14.5 Å². The molecule has 2 fully saturated rings. The number of benzene rings is 1. The van der Waals surface area contributed by atoms with Gasteiger partial charge in [-0.05, 0) is 56.2 Å². The van der Waals surface area contributed by atoms with Crippen molar-refractivity contribution in [2.45, 2.75) is 58.4 Å². The fraction of sp³-hybridized carbons (Fsp3) is 0.458. The van der Waals surface area contributed by atoms with Crippen LogP contribution in [0.2, 0.25) is 0 Å². The number of nitrogens with zero attached hydrogens (tertiary/aromatic N) is 2. The van der Waals surface area contributed by atoms with Crippen LogP contribution in [0.25, 0.3) is 6.08 Å². The third-order valence-corrected chi connectivity index (χ3v) is 7.00. The number of thioether (sulfide) groups is 1. The highest BCUT2D eigenvalue weighted by Gasteiger charge is 2.32. The van der Waals surface area contributed by atoms with E-state index in [9.17, 15) is 9.59 Å². The summed E-state index contributed by atoms with van der Waals surface area (Å²) in [6.07, 6.45) is 9.49. The van der Waals surface area contributed by atoms with Gasteiger partial charge in [0.15, 0.2) is 0 Å². The summed E-state index contributed by atoms with van der Waals surface area (Å²) in [5.74, 6) is 0.159. The standard InChI is InChI=1S/C24H30N2O2S2/c1-3-20-12-7-8-14-25(20)22(27)13-9-15-26-23(28)21(30-24(26)29)17-18(2)16-19-10-5-4-6-11-19/h4-6,10-11,16-17,20H,3,7-9,12-15H2,1-2H3. The molecule has 2 amide bonds. The van der Waals surface area contributed by atoms with Gasteiger partial charge in [0.25, 0.3) is 5.91 Å². The van der Waals surface area contributed by atoms with E-state index in [4.69, 9.17) is 12.2 Å². The monoisotopic (exact) mass is 442 g/mol. The van der Waals surface area contributed by atoms with E-state index in [1.54, 1.807) is 4.90 Å². The predicted molar refractivity (Wildman–Crippen MR) is 129 cm³/mol. The van der Waals surface area contributed by atoms with Gasteiger partial charge in [-0.25, -0.2) is 0 Å². The van der Waals surface area contributed by atoms with Gasteiger partial charge in [-0.2, -0.15) is 0 Å². The maximum Gasteiger partial charge on any atom is 0.266 e. The molecule has 0 N–H and O–H groups in total. The second-order valence-corrected chi connectivity index (χ2v) is 9.56. The average molecular weight is 443 g/mol. The Bertz CT molecular complexity index is 848. The molecule has 0 radical (unpaired) electrons. The van der Waals surface area contributed by atoms with Crippen molar-refractivity contribution in [3.8, 4) is 0 Å². The van der Waals surface area contributed by atoms with Crippen LogP contribution in [0, 0.1) is 0 Å². The lowest BCUT2D eigenvalue weighted by molar-refractivity contribution is -0.135. The van der Waals surface area contributed by atoms with Crippen LogP contribution in [-0.4, -0.2) is 45.1 Å². The Kier molecular flexibility index (Phi) is 8.28. The molecule has 2 aliphatic rings. The van der Waals surface area contributed by atoms with E-state index in [2.05, 4.69) is 6.92 Å². The van der Waals surface area contributed by atoms with Crippen LogP contribution in [0.1, 0.15) is 57.9 Å². The number of thiocarbonyl (C=S) groups is 1. The van der Waals surface area contributed by atoms with Crippen molar-refractivity contribution >= 4 is 46.2 Å². The molecule has 0 aliphatic carbocycles. The van der Waals surface area contributed by atoms with Crippen LogP contribution >= 0.6 is 24.0 Å². The van der Waals surface area contributed by atoms with Crippen molar-refractivity contribution in [2.24, 2.45) is 0 Å². The van der Waals surface area contributed by atoms with Gasteiger partial charge < -0.3 is 4.90 Å². The van der Waals surface area contributed by atoms with Crippen molar-refractivity contribution in [3.63, 3.8) is 0 Å². The molecule has 1 aromatic rings. The fourth-order valence-corrected chi connectivity index (χ4v) is 5.40. The smallest absolute Gasteiger partial charge is 0.266 e. The Morgan fingerprint density at radius 3 is 2.77 bits per heavy atom. The van der Waals surface area contributed by atoms with Crippen LogP contribution in [0.15, 0.2) is 46.9 Å². The number of piperidine rings is 1. The zero-order valence-corrected chi connectivity index (χ0v) is 19.4. The molecule has 6 heteroatoms. The van der Waals surface area contributed by atoms with E-state index >= 15 is 0 Å². The molecule has 2 saturated heterocycles. The first-order chi connectivity index (χ1) is 14.5. The second-order valence-electron chi connectivity index (χ2n) is 7.88. The van der Waals surface area contributed by atoms with Gasteiger partial charge in [-0.15, -0.1) is 0 Å². The highest BCUT2D eigenvalue weighted by Crippen LogP contribution is 2.32. The number of amides is 2. The van der Waals surface area contributed by atoms with Gasteiger partial charge in [-0.1, -0.05) is 67.3 Å². The van der Waals surface area contributed by atoms with Crippen LogP contribution in [0.5, 0.6) is 0 Å². The van der Waals surface area contributed by atoms with Gasteiger partial charge in [0.1, 0.15) is 4.32 Å². The summed E-state index contributed by atoms with van der Waals surface area (Å²) in [4.78, 5) is 29.8. The average Bonchev–Trinajstić information content (AvgIpc) is 3.01. The number of rotatable bonds is 7. The van der Waals surface area contributed by atoms with Gasteiger partial charge >= 0.3 is 0 Å². The Balaban J connectivity index is 1.55. The van der Waals surface area contributed by atoms with Crippen molar-refractivity contribution in [1.82, 2.24) is 9.80 Å². The maximum atomic E-state index is 12.8. The summed E-state index contributed by atoms with van der Waals surface area (Å²) in [5, 5.41) is 0. The molecule has 4 nitrogen and oxygen atoms in total. The molecule has 2 heterocycles. The minimum atomic E-state index is -0.0531. The molecule has 0 aromatic heterocycles. The summed E-state index contributed by atoms with van der Waals surface area (Å²) in [6.45, 7) is 5.51. The lowest BCUT2D eigenvalue weighted by Gasteiger charge is -2.35. The summed E-state index contributed by atoms with van der Waals surface area (Å²) < 4.78 is 0.579. The van der Waals surface area contributed by atoms with Crippen molar-refractivity contribution in [2.75, 3.05) is 13.1 Å². The fourth-order valence-electron chi connectivity index (χ4n) is 4.04. The number of allylic oxidation sites excluding steroid dienone is 2. The van der Waals surface area contributed by atoms with Crippen molar-refractivity contribution in [1.29, 1.82) is 0 Å². The molecule has 0 saturated carbocycles. The Morgan fingerprint density at radius 2 is 2.03 bits per heavy atom. The minimum Gasteiger partial charge on any atom is -0.340 e. The molecule has 30 heavy (non-hydrogen) atoms. The summed E-state index contributed by atoms with van der Waals surface area (Å²) >= 11 is 6.78. The Hall–Kier alpha value is -1.92. The van der Waals surface area contributed by atoms with E-state index in [1.165, 1.54) is 18.2 Å². The summed E-state index contributed by atoms with van der Waals surface area (Å²) in [6, 6.07) is 10.4. The second kappa shape index (κ2) is 10.9. The van der Waals surface area contributed by atoms with Crippen LogP contribution in [0.3, 0.4) is 0 Å². The lowest BCUT2D eigenvalue weighted by atomic mass is 9.99. The molecular formula is C24H30N2O2S2. The minimum absolute atomic E-state index is 0.0531. The zero-order chi connectivity index (χ0) is 21.5. The molecule has 3 rings (SSSR count). The van der Waals surface area contributed by atoms with Crippen LogP contribution in [0.4, 0.5) is 0 Å². The number of hydrogen-bond donors (Lipinski definition) is 0. The van der Waals surface area contributed by atoms with Crippen LogP contribution < -0.4 is 0 Å². The predicted octanol–water partition coefficient (Wildman–Crippen LogP) is 5.41. The maximum absolute atomic E-state index is 12.8. The number of hydrogen-bond acceptors (Lipinski definition) is 4. The molecule has 1 unspecified atom stereocenters. The highest BCUT2D eigenvalue weighted by molar-refractivity contribution is 8.26. The normalized spacial score (nSPS) is 21.6. The highest BCUT2D eigenvalue weighted by atomic mass is 32.2. The molecule has 0 bridgehead atoms. The molecule has 160 valence electrons. The largest absolute Gasteiger partial charge is 0.340 e. The van der Waals surface area contributed by atoms with E-state index < -0.39 is 0 Å². The number of carbonyl (C=O) groups excluding carboxylic acids is 2. The van der Waals surface area contributed by atoms with E-state index in [0.717, 1.165) is 36.9 Å². The van der Waals surface area contributed by atoms with Gasteiger partial charge in [0, 0.05) is 25.6 Å². The Labute approximate surface area is 189 Å². The number of likely N-dealkylation sites (tertiary alicyclic amines) is 1. The van der Waals surface area contributed by atoms with Crippen molar-refractivity contribution in [3.05, 3.63) is 52.4 Å². The zero-order valence-electron chi connectivity index (χ0n) is 17.8. The molecule has 1 atom stereocenters. The first-order valence-electron chi connectivity index (χ1n) is 10.8. The summed E-state index contributed by atoms with van der Waals surface area (Å²) in [5.41, 5.74) is 2.11. The molecule has 2 aliphatic heterocycles. The third-order valence-electron chi connectivity index (χ3n) is 5.62. The Morgan fingerprint density at radius 1 is 1.27 bits per heavy atom. The lowest BCUT2D eigenvalue weighted by Crippen LogP contribution is -2.43. The molecule has 0 spiro atoms. The van der Waals surface area contributed by atoms with E-state index in [-0.39, 0.29) is 11.8 Å². The SMILES string of the molecule is CCC1CCCCN1C(=O)CCCN1C(=O)C(=CC(C)=Cc2ccccc2)SC1=S. The van der Waals surface area contributed by atoms with Crippen molar-refractivity contribution < 1.29 is 9.59 Å². The van der Waals surface area contributed by atoms with Gasteiger partial charge in [0.2, 0.25) is 5.91 Å². The molecular weight excluding hydrogens is 412 g/mol. The van der Waals surface area contributed by atoms with Crippen LogP contribution in [-0.2, 0) is 9.59 Å². The molecule has 1 aromatic carbocycles. The first kappa shape index (κ1) is 22.8. The topological polar surface area (TPSA) is 40.6 Å².